The fraction of sp³-hybridized carbons (Fsp3) is 0.273. The fourth-order valence-corrected chi connectivity index (χ4v) is 1.53. The van der Waals surface area contributed by atoms with Crippen LogP contribution in [0.15, 0.2) is 12.1 Å². The molecule has 19 heavy (non-hydrogen) atoms. The highest BCUT2D eigenvalue weighted by Gasteiger charge is 2.38. The lowest BCUT2D eigenvalue weighted by atomic mass is 10.2. The predicted molar refractivity (Wildman–Crippen MR) is 57.6 cm³/mol. The Hall–Kier alpha value is -2.12. The topological polar surface area (TPSA) is 44.2 Å². The van der Waals surface area contributed by atoms with Gasteiger partial charge in [-0.15, -0.1) is 0 Å². The summed E-state index contributed by atoms with van der Waals surface area (Å²) < 4.78 is 60.9. The zero-order valence-electron chi connectivity index (χ0n) is 9.88. The molecule has 1 aromatic heterocycles. The summed E-state index contributed by atoms with van der Waals surface area (Å²) in [5.74, 6) is -1.66. The van der Waals surface area contributed by atoms with Gasteiger partial charge < -0.3 is 9.47 Å². The van der Waals surface area contributed by atoms with Crippen molar-refractivity contribution in [2.75, 3.05) is 14.2 Å². The van der Waals surface area contributed by atoms with Crippen LogP contribution in [0.2, 0.25) is 0 Å². The third kappa shape index (κ3) is 2.38. The van der Waals surface area contributed by atoms with Gasteiger partial charge >= 0.3 is 6.18 Å². The Balaban J connectivity index is 2.75. The molecule has 1 heterocycles. The Kier molecular flexibility index (Phi) is 3.17. The van der Waals surface area contributed by atoms with Crippen molar-refractivity contribution in [2.24, 2.45) is 0 Å². The summed E-state index contributed by atoms with van der Waals surface area (Å²) >= 11 is 0. The van der Waals surface area contributed by atoms with Gasteiger partial charge in [0.25, 0.3) is 0 Å². The number of hydrogen-bond acceptors (Lipinski definition) is 4. The maximum absolute atomic E-state index is 13.4. The van der Waals surface area contributed by atoms with Crippen molar-refractivity contribution in [1.29, 1.82) is 0 Å². The van der Waals surface area contributed by atoms with Gasteiger partial charge in [0, 0.05) is 12.1 Å². The number of benzene rings is 1. The van der Waals surface area contributed by atoms with E-state index in [1.54, 1.807) is 0 Å². The predicted octanol–water partition coefficient (Wildman–Crippen LogP) is 2.80. The quantitative estimate of drug-likeness (QED) is 0.791. The molecular formula is C11H8F4N2O2. The Labute approximate surface area is 105 Å². The first-order valence-electron chi connectivity index (χ1n) is 5.03. The van der Waals surface area contributed by atoms with E-state index >= 15 is 0 Å². The van der Waals surface area contributed by atoms with Crippen LogP contribution in [-0.4, -0.2) is 24.2 Å². The lowest BCUT2D eigenvalue weighted by molar-refractivity contribution is -0.142. The SMILES string of the molecule is COc1cc2nc(C(F)(F)F)c(OC)nc2cc1F. The molecule has 0 atom stereocenters. The van der Waals surface area contributed by atoms with Crippen LogP contribution in [0.3, 0.4) is 0 Å². The number of fused-ring (bicyclic) bond motifs is 1. The lowest BCUT2D eigenvalue weighted by Gasteiger charge is -2.11. The van der Waals surface area contributed by atoms with E-state index in [2.05, 4.69) is 19.4 Å². The summed E-state index contributed by atoms with van der Waals surface area (Å²) in [5, 5.41) is 0. The Morgan fingerprint density at radius 1 is 1.00 bits per heavy atom. The molecule has 0 unspecified atom stereocenters. The number of hydrogen-bond donors (Lipinski definition) is 0. The number of alkyl halides is 3. The zero-order chi connectivity index (χ0) is 14.2. The fourth-order valence-electron chi connectivity index (χ4n) is 1.53. The molecule has 2 rings (SSSR count). The number of ether oxygens (including phenoxy) is 2. The first-order valence-corrected chi connectivity index (χ1v) is 5.03. The van der Waals surface area contributed by atoms with Crippen molar-refractivity contribution in [2.45, 2.75) is 6.18 Å². The molecule has 0 aliphatic carbocycles. The Morgan fingerprint density at radius 2 is 1.63 bits per heavy atom. The Morgan fingerprint density at radius 3 is 2.16 bits per heavy atom. The summed E-state index contributed by atoms with van der Waals surface area (Å²) in [4.78, 5) is 7.00. The zero-order valence-corrected chi connectivity index (χ0v) is 9.88. The van der Waals surface area contributed by atoms with Crippen LogP contribution in [-0.2, 0) is 6.18 Å². The second-order valence-electron chi connectivity index (χ2n) is 3.55. The lowest BCUT2D eigenvalue weighted by Crippen LogP contribution is -2.12. The van der Waals surface area contributed by atoms with Gasteiger partial charge in [-0.05, 0) is 0 Å². The highest BCUT2D eigenvalue weighted by molar-refractivity contribution is 5.77. The smallest absolute Gasteiger partial charge is 0.438 e. The van der Waals surface area contributed by atoms with Gasteiger partial charge in [0.05, 0.1) is 25.3 Å². The van der Waals surface area contributed by atoms with E-state index < -0.39 is 23.6 Å². The van der Waals surface area contributed by atoms with Crippen molar-refractivity contribution in [1.82, 2.24) is 9.97 Å². The molecule has 0 saturated heterocycles. The van der Waals surface area contributed by atoms with E-state index in [0.717, 1.165) is 19.2 Å². The third-order valence-electron chi connectivity index (χ3n) is 2.37. The number of halogens is 4. The first-order chi connectivity index (χ1) is 8.86. The molecule has 0 radical (unpaired) electrons. The second-order valence-corrected chi connectivity index (χ2v) is 3.55. The van der Waals surface area contributed by atoms with Crippen LogP contribution in [0.4, 0.5) is 17.6 Å². The van der Waals surface area contributed by atoms with Crippen molar-refractivity contribution >= 4 is 11.0 Å². The molecule has 0 aliphatic heterocycles. The summed E-state index contributed by atoms with van der Waals surface area (Å²) in [6.45, 7) is 0. The molecule has 8 heteroatoms. The normalized spacial score (nSPS) is 11.7. The molecule has 102 valence electrons. The monoisotopic (exact) mass is 276 g/mol. The second kappa shape index (κ2) is 4.52. The highest BCUT2D eigenvalue weighted by Crippen LogP contribution is 2.35. The number of aromatic nitrogens is 2. The molecule has 0 N–H and O–H groups in total. The van der Waals surface area contributed by atoms with E-state index in [9.17, 15) is 17.6 Å². The summed E-state index contributed by atoms with van der Waals surface area (Å²) in [6, 6.07) is 1.98. The van der Waals surface area contributed by atoms with Gasteiger partial charge in [0.2, 0.25) is 11.6 Å². The minimum atomic E-state index is -4.71. The van der Waals surface area contributed by atoms with Crippen LogP contribution in [0.1, 0.15) is 5.69 Å². The highest BCUT2D eigenvalue weighted by atomic mass is 19.4. The van der Waals surface area contributed by atoms with E-state index in [-0.39, 0.29) is 16.8 Å². The largest absolute Gasteiger partial charge is 0.494 e. The van der Waals surface area contributed by atoms with E-state index in [1.807, 2.05) is 0 Å². The summed E-state index contributed by atoms with van der Waals surface area (Å²) in [7, 11) is 2.23. The average molecular weight is 276 g/mol. The van der Waals surface area contributed by atoms with E-state index in [0.29, 0.717) is 0 Å². The third-order valence-corrected chi connectivity index (χ3v) is 2.37. The van der Waals surface area contributed by atoms with Crippen molar-refractivity contribution < 1.29 is 27.0 Å². The summed E-state index contributed by atoms with van der Waals surface area (Å²) in [6.07, 6.45) is -4.71. The molecule has 0 saturated carbocycles. The molecule has 0 spiro atoms. The number of nitrogens with zero attached hydrogens (tertiary/aromatic N) is 2. The molecule has 0 bridgehead atoms. The van der Waals surface area contributed by atoms with Crippen LogP contribution in [0.25, 0.3) is 11.0 Å². The van der Waals surface area contributed by atoms with Gasteiger partial charge in [0.1, 0.15) is 0 Å². The van der Waals surface area contributed by atoms with Crippen LogP contribution in [0, 0.1) is 5.82 Å². The molecule has 4 nitrogen and oxygen atoms in total. The van der Waals surface area contributed by atoms with E-state index in [4.69, 9.17) is 0 Å². The standard InChI is InChI=1S/C11H8F4N2O2/c1-18-8-4-7-6(3-5(8)12)17-10(19-2)9(16-7)11(13,14)15/h3-4H,1-2H3. The molecular weight excluding hydrogens is 268 g/mol. The maximum atomic E-state index is 13.4. The molecule has 1 aromatic carbocycles. The van der Waals surface area contributed by atoms with Crippen molar-refractivity contribution in [3.8, 4) is 11.6 Å². The minimum Gasteiger partial charge on any atom is -0.494 e. The maximum Gasteiger partial charge on any atom is 0.438 e. The van der Waals surface area contributed by atoms with Crippen molar-refractivity contribution in [3.63, 3.8) is 0 Å². The molecule has 0 aliphatic rings. The van der Waals surface area contributed by atoms with Gasteiger partial charge in [-0.3, -0.25) is 0 Å². The first kappa shape index (κ1) is 13.3. The van der Waals surface area contributed by atoms with Crippen LogP contribution < -0.4 is 9.47 Å². The van der Waals surface area contributed by atoms with Gasteiger partial charge in [-0.1, -0.05) is 0 Å². The summed E-state index contributed by atoms with van der Waals surface area (Å²) in [5.41, 5.74) is -1.45. The van der Waals surface area contributed by atoms with Gasteiger partial charge in [0.15, 0.2) is 11.6 Å². The average Bonchev–Trinajstić information content (AvgIpc) is 2.35. The van der Waals surface area contributed by atoms with Gasteiger partial charge in [-0.2, -0.15) is 13.2 Å². The number of rotatable bonds is 2. The van der Waals surface area contributed by atoms with Gasteiger partial charge in [-0.25, -0.2) is 14.4 Å². The molecule has 0 amide bonds. The molecule has 0 fully saturated rings. The number of methoxy groups -OCH3 is 2. The Bertz CT molecular complexity index is 628. The van der Waals surface area contributed by atoms with Crippen molar-refractivity contribution in [3.05, 3.63) is 23.6 Å². The minimum absolute atomic E-state index is 0.0526. The molecule has 2 aromatic rings. The van der Waals surface area contributed by atoms with Crippen LogP contribution in [0.5, 0.6) is 11.6 Å². The van der Waals surface area contributed by atoms with Crippen LogP contribution >= 0.6 is 0 Å². The van der Waals surface area contributed by atoms with E-state index in [1.165, 1.54) is 7.11 Å².